The number of hydrogen-bond acceptors (Lipinski definition) is 18. The van der Waals surface area contributed by atoms with Crippen LogP contribution in [0, 0.1) is 16.7 Å². The van der Waals surface area contributed by atoms with Gasteiger partial charge in [-0.15, -0.1) is 28.1 Å². The van der Waals surface area contributed by atoms with Gasteiger partial charge in [0.15, 0.2) is 0 Å². The molecule has 0 saturated carbocycles. The smallest absolute Gasteiger partial charge is 0.340 e. The van der Waals surface area contributed by atoms with Gasteiger partial charge in [0.05, 0.1) is 30.8 Å². The molecule has 2 aliphatic heterocycles. The first kappa shape index (κ1) is 70.4. The van der Waals surface area contributed by atoms with E-state index in [-0.39, 0.29) is 61.4 Å². The van der Waals surface area contributed by atoms with E-state index in [9.17, 15) is 67.5 Å². The highest BCUT2D eigenvalue weighted by Crippen LogP contribution is 2.26. The molecular formula is C48H75Cl2N15O14S2. The van der Waals surface area contributed by atoms with E-state index in [4.69, 9.17) is 46.1 Å². The second-order valence-corrected chi connectivity index (χ2v) is 22.5. The summed E-state index contributed by atoms with van der Waals surface area (Å²) in [6.07, 6.45) is -0.694. The Morgan fingerprint density at radius 2 is 1.42 bits per heavy atom. The van der Waals surface area contributed by atoms with Crippen LogP contribution < -0.4 is 65.5 Å². The Hall–Kier alpha value is -6.70. The first-order valence-electron chi connectivity index (χ1n) is 25.8. The van der Waals surface area contributed by atoms with E-state index in [2.05, 4.69) is 47.8 Å². The number of carbonyl (C=O) groups excluding carboxylic acids is 12. The van der Waals surface area contributed by atoms with E-state index >= 15 is 0 Å². The fourth-order valence-electron chi connectivity index (χ4n) is 7.85. The number of likely N-dealkylation sites (tertiary alicyclic amines) is 1. The van der Waals surface area contributed by atoms with E-state index in [1.807, 2.05) is 13.8 Å². The topological polar surface area (TPSA) is 461 Å². The third-order valence-corrected chi connectivity index (χ3v) is 15.1. The van der Waals surface area contributed by atoms with Crippen molar-refractivity contribution in [1.29, 1.82) is 0 Å². The number of nitrogens with one attached hydrogen (secondary N) is 8. The maximum atomic E-state index is 14.5. The van der Waals surface area contributed by atoms with Crippen LogP contribution in [0.4, 0.5) is 4.79 Å². The first-order valence-corrected chi connectivity index (χ1v) is 29.4. The molecule has 2 fully saturated rings. The zero-order chi connectivity index (χ0) is 60.9. The maximum Gasteiger partial charge on any atom is 0.340 e. The molecular weight excluding hydrogens is 1150 g/mol. The highest BCUT2D eigenvalue weighted by molar-refractivity contribution is 8.76. The lowest BCUT2D eigenvalue weighted by Crippen LogP contribution is -2.61. The van der Waals surface area contributed by atoms with E-state index < -0.39 is 151 Å². The molecule has 17 N–H and O–H groups in total. The Kier molecular flexibility index (Phi) is 31.8. The summed E-state index contributed by atoms with van der Waals surface area (Å²) < 4.78 is 0. The maximum absolute atomic E-state index is 14.5. The number of phenolic OH excluding ortho intramolecular Hbond substituents is 1. The van der Waals surface area contributed by atoms with Crippen LogP contribution >= 0.6 is 44.8 Å². The molecule has 2 saturated heterocycles. The number of phenols is 1. The molecule has 33 heteroatoms. The number of benzene rings is 1. The Bertz CT molecular complexity index is 2370. The number of hydrogen-bond donors (Lipinski definition) is 13. The van der Waals surface area contributed by atoms with Crippen molar-refractivity contribution < 1.29 is 62.6 Å². The quantitative estimate of drug-likeness (QED) is 0.0248. The zero-order valence-electron chi connectivity index (χ0n) is 45.4. The number of halogens is 2. The molecule has 1 aromatic carbocycles. The largest absolute Gasteiger partial charge is 0.508 e. The van der Waals surface area contributed by atoms with Gasteiger partial charge in [-0.1, -0.05) is 67.8 Å². The van der Waals surface area contributed by atoms with Gasteiger partial charge in [0.25, 0.3) is 0 Å². The van der Waals surface area contributed by atoms with Crippen molar-refractivity contribution in [2.24, 2.45) is 40.1 Å². The molecule has 2 heterocycles. The number of aromatic hydroxyl groups is 1. The van der Waals surface area contributed by atoms with Gasteiger partial charge < -0.3 is 75.5 Å². The van der Waals surface area contributed by atoms with Crippen molar-refractivity contribution >= 4 is 116 Å². The van der Waals surface area contributed by atoms with Crippen molar-refractivity contribution in [3.8, 4) is 5.75 Å². The third kappa shape index (κ3) is 25.3. The Labute approximate surface area is 486 Å². The molecule has 13 amide bonds. The number of nitroso groups, excluding NO2 is 1. The van der Waals surface area contributed by atoms with Gasteiger partial charge in [0.2, 0.25) is 65.0 Å². The molecule has 452 valence electrons. The van der Waals surface area contributed by atoms with Crippen LogP contribution in [0.2, 0.25) is 0 Å². The van der Waals surface area contributed by atoms with Gasteiger partial charge in [-0.25, -0.2) is 4.79 Å². The van der Waals surface area contributed by atoms with Crippen molar-refractivity contribution in [3.05, 3.63) is 34.7 Å². The van der Waals surface area contributed by atoms with E-state index in [0.717, 1.165) is 21.6 Å². The highest BCUT2D eigenvalue weighted by Gasteiger charge is 2.41. The minimum absolute atomic E-state index is 0.0468. The van der Waals surface area contributed by atoms with Crippen LogP contribution in [-0.2, 0) is 59.2 Å². The van der Waals surface area contributed by atoms with Gasteiger partial charge in [-0.3, -0.25) is 52.7 Å². The molecule has 0 bridgehead atoms. The lowest BCUT2D eigenvalue weighted by atomic mass is 9.96. The summed E-state index contributed by atoms with van der Waals surface area (Å²) in [5.41, 5.74) is 22.9. The highest BCUT2D eigenvalue weighted by atomic mass is 35.5. The molecule has 81 heavy (non-hydrogen) atoms. The normalized spacial score (nSPS) is 22.0. The van der Waals surface area contributed by atoms with E-state index in [1.165, 1.54) is 29.2 Å². The van der Waals surface area contributed by atoms with E-state index in [1.54, 1.807) is 13.8 Å². The van der Waals surface area contributed by atoms with Gasteiger partial charge in [0, 0.05) is 49.2 Å². The summed E-state index contributed by atoms with van der Waals surface area (Å²) in [7, 11) is 2.05. The lowest BCUT2D eigenvalue weighted by Gasteiger charge is -2.31. The molecule has 3 rings (SSSR count). The predicted octanol–water partition coefficient (Wildman–Crippen LogP) is -2.45. The van der Waals surface area contributed by atoms with Crippen molar-refractivity contribution in [3.63, 3.8) is 0 Å². The summed E-state index contributed by atoms with van der Waals surface area (Å²) >= 11 is 10.6. The first-order chi connectivity index (χ1) is 38.3. The molecule has 0 aliphatic carbocycles. The Balaban J connectivity index is 0.00000166. The van der Waals surface area contributed by atoms with Crippen LogP contribution in [0.25, 0.3) is 0 Å². The van der Waals surface area contributed by atoms with Crippen LogP contribution in [0.1, 0.15) is 78.2 Å². The number of alkyl halides is 2. The standard InChI is InChI=1S/C43H66N12O12S2.C5H9Cl2N3O2/c1-5-22(4)35-42(66)49-26(12-13-32(45)57)38(62)51-29(17-33(46)58)39(63)53-30(20-69-68-19-25(44)36(60)50-28(40(64)54-35)16-23-8-10-24(56)11-9-23)43(67)55-14-6-7-31(55)41(65)52-27(15-21(2)3)37(61)48-18-34(47)59;6-1-3-8-5(11)10(9-12)4-2-7/h8-11,21-22,25-31,35,56H,5-7,12-20,44H2,1-4H3,(H2,45,57)(H2,46,58)(H2,47,59)(H,48,61)(H,49,66)(H,50,60)(H,51,62)(H,52,65)(H,53,63)(H,54,64);1-4H2,(H,8,11)/t22-,25-,26-,27-,28-,29-,30-,31-,35-;/m0./s1. The predicted molar refractivity (Wildman–Crippen MR) is 302 cm³/mol. The number of carbonyl (C=O) groups is 12. The summed E-state index contributed by atoms with van der Waals surface area (Å²) in [4.78, 5) is 169. The molecule has 0 spiro atoms. The number of rotatable bonds is 22. The van der Waals surface area contributed by atoms with Gasteiger partial charge in [0.1, 0.15) is 48.0 Å². The fraction of sp³-hybridized carbons (Fsp3) is 0.625. The Morgan fingerprint density at radius 3 is 2.00 bits per heavy atom. The molecule has 0 radical (unpaired) electrons. The van der Waals surface area contributed by atoms with Crippen molar-refractivity contribution in [2.75, 3.05) is 49.4 Å². The summed E-state index contributed by atoms with van der Waals surface area (Å²) in [6.45, 7) is 7.00. The number of urea groups is 1. The van der Waals surface area contributed by atoms with Crippen LogP contribution in [0.3, 0.4) is 0 Å². The number of nitrogens with two attached hydrogens (primary N) is 4. The number of primary amides is 3. The molecule has 9 atom stereocenters. The molecule has 0 aromatic heterocycles. The van der Waals surface area contributed by atoms with Gasteiger partial charge >= 0.3 is 6.03 Å². The number of nitrogens with zero attached hydrogens (tertiary/aromatic N) is 3. The second kappa shape index (κ2) is 36.6. The molecule has 1 aromatic rings. The summed E-state index contributed by atoms with van der Waals surface area (Å²) in [5, 5.41) is 33.2. The Morgan fingerprint density at radius 1 is 0.802 bits per heavy atom. The van der Waals surface area contributed by atoms with Crippen molar-refractivity contribution in [1.82, 2.24) is 52.4 Å². The fourth-order valence-corrected chi connectivity index (χ4v) is 10.4. The summed E-state index contributed by atoms with van der Waals surface area (Å²) in [5.74, 6) is -9.93. The van der Waals surface area contributed by atoms with Gasteiger partial charge in [-0.2, -0.15) is 5.01 Å². The monoisotopic (exact) mass is 1220 g/mol. The average molecular weight is 1220 g/mol. The van der Waals surface area contributed by atoms with Gasteiger partial charge in [-0.05, 0) is 55.2 Å². The van der Waals surface area contributed by atoms with Crippen molar-refractivity contribution in [2.45, 2.75) is 127 Å². The molecule has 29 nitrogen and oxygen atoms in total. The molecule has 0 unspecified atom stereocenters. The average Bonchev–Trinajstić information content (AvgIpc) is 3.91. The van der Waals surface area contributed by atoms with Crippen LogP contribution in [0.15, 0.2) is 29.6 Å². The minimum atomic E-state index is -1.75. The zero-order valence-corrected chi connectivity index (χ0v) is 48.5. The molecule has 2 aliphatic rings. The lowest BCUT2D eigenvalue weighted by molar-refractivity contribution is -0.142. The third-order valence-electron chi connectivity index (χ3n) is 12.3. The second-order valence-electron chi connectivity index (χ2n) is 19.2. The number of amides is 13. The van der Waals surface area contributed by atoms with E-state index in [0.29, 0.717) is 35.8 Å². The minimum Gasteiger partial charge on any atom is -0.508 e. The van der Waals surface area contributed by atoms with Crippen LogP contribution in [0.5, 0.6) is 5.75 Å². The van der Waals surface area contributed by atoms with Crippen LogP contribution in [-0.4, -0.2) is 184 Å². The summed E-state index contributed by atoms with van der Waals surface area (Å²) in [6, 6.07) is -5.63. The SMILES string of the molecule is CC[C@H](C)[C@@H]1NC(=O)[C@H](Cc2ccc(O)cc2)NC(=O)[C@@H](N)CSSC[C@@H](C(=O)N2CCC[C@H]2C(=O)N[C@@H](CC(C)C)C(=O)NCC(N)=O)NC(=O)[C@H](CC(N)=O)NC(=O)[C@H](CCC(N)=O)NC1=O.O=NN(CCCl)C(=O)NCCCl.